The second-order valence-electron chi connectivity index (χ2n) is 3.35. The maximum absolute atomic E-state index is 11.5. The smallest absolute Gasteiger partial charge is 0.237 e. The molecular weight excluding hydrogens is 208 g/mol. The van der Waals surface area contributed by atoms with E-state index in [1.54, 1.807) is 0 Å². The average Bonchev–Trinajstić information content (AvgIpc) is 2.78. The van der Waals surface area contributed by atoms with Gasteiger partial charge in [0.1, 0.15) is 5.92 Å². The normalized spacial score (nSPS) is 11.8. The molecule has 1 aromatic heterocycles. The molecule has 0 aliphatic heterocycles. The van der Waals surface area contributed by atoms with E-state index in [-0.39, 0.29) is 5.91 Å². The van der Waals surface area contributed by atoms with Gasteiger partial charge in [-0.2, -0.15) is 10.2 Å². The summed E-state index contributed by atoms with van der Waals surface area (Å²) < 4.78 is 4.77. The minimum atomic E-state index is -0.562. The van der Waals surface area contributed by atoms with Crippen LogP contribution < -0.4 is 5.32 Å². The van der Waals surface area contributed by atoms with E-state index >= 15 is 0 Å². The Hall–Kier alpha value is -1.90. The molecule has 0 aliphatic carbocycles. The van der Waals surface area contributed by atoms with Crippen LogP contribution in [0.1, 0.15) is 25.7 Å². The zero-order chi connectivity index (χ0) is 11.8. The second kappa shape index (κ2) is 6.56. The van der Waals surface area contributed by atoms with Crippen molar-refractivity contribution in [2.75, 3.05) is 6.54 Å². The summed E-state index contributed by atoms with van der Waals surface area (Å²) in [4.78, 5) is 15.3. The summed E-state index contributed by atoms with van der Waals surface area (Å²) in [5.41, 5.74) is 0. The molecule has 0 aliphatic rings. The van der Waals surface area contributed by atoms with Crippen LogP contribution in [0.3, 0.4) is 0 Å². The summed E-state index contributed by atoms with van der Waals surface area (Å²) in [6, 6.07) is 1.98. The Kier molecular flexibility index (Phi) is 4.99. The van der Waals surface area contributed by atoms with Gasteiger partial charge in [0.2, 0.25) is 11.8 Å². The minimum absolute atomic E-state index is 0.233. The van der Waals surface area contributed by atoms with Crippen LogP contribution in [0.5, 0.6) is 0 Å². The number of carbonyl (C=O) groups excluding carboxylic acids is 1. The lowest BCUT2D eigenvalue weighted by atomic mass is 10.1. The Balaban J connectivity index is 2.27. The number of nitrogens with zero attached hydrogens (tertiary/aromatic N) is 3. The molecule has 0 bridgehead atoms. The molecule has 0 saturated carbocycles. The van der Waals surface area contributed by atoms with Crippen LogP contribution in [-0.4, -0.2) is 22.6 Å². The van der Waals surface area contributed by atoms with Crippen molar-refractivity contribution in [2.45, 2.75) is 26.2 Å². The third-order valence-corrected chi connectivity index (χ3v) is 2.09. The van der Waals surface area contributed by atoms with E-state index < -0.39 is 5.92 Å². The van der Waals surface area contributed by atoms with Crippen LogP contribution >= 0.6 is 0 Å². The molecule has 6 nitrogen and oxygen atoms in total. The number of amides is 1. The summed E-state index contributed by atoms with van der Waals surface area (Å²) in [7, 11) is 0. The predicted octanol–water partition coefficient (Wildman–Crippen LogP) is 0.668. The number of hydrogen-bond donors (Lipinski definition) is 1. The molecule has 1 amide bonds. The highest BCUT2D eigenvalue weighted by molar-refractivity contribution is 5.80. The summed E-state index contributed by atoms with van der Waals surface area (Å²) in [6.45, 7) is 2.35. The van der Waals surface area contributed by atoms with Crippen molar-refractivity contribution in [3.63, 3.8) is 0 Å². The zero-order valence-corrected chi connectivity index (χ0v) is 9.14. The van der Waals surface area contributed by atoms with E-state index in [1.807, 2.05) is 13.0 Å². The minimum Gasteiger partial charge on any atom is -0.354 e. The van der Waals surface area contributed by atoms with Gasteiger partial charge in [-0.05, 0) is 6.42 Å². The average molecular weight is 222 g/mol. The highest BCUT2D eigenvalue weighted by Gasteiger charge is 2.15. The summed E-state index contributed by atoms with van der Waals surface area (Å²) >= 11 is 0. The van der Waals surface area contributed by atoms with Crippen molar-refractivity contribution in [3.8, 4) is 6.07 Å². The van der Waals surface area contributed by atoms with Gasteiger partial charge in [0.15, 0.2) is 6.33 Å². The lowest BCUT2D eigenvalue weighted by Crippen LogP contribution is -2.31. The van der Waals surface area contributed by atoms with Gasteiger partial charge in [-0.15, -0.1) is 0 Å². The van der Waals surface area contributed by atoms with E-state index in [0.717, 1.165) is 6.42 Å². The van der Waals surface area contributed by atoms with Crippen molar-refractivity contribution in [1.29, 1.82) is 5.26 Å². The standard InChI is InChI=1S/C10H14N4O2/c1-2-3-8(6-11)10(15)12-5-4-9-13-7-14-16-9/h7-8H,2-5H2,1H3,(H,12,15). The first-order valence-corrected chi connectivity index (χ1v) is 5.20. The number of nitriles is 1. The Morgan fingerprint density at radius 1 is 1.75 bits per heavy atom. The van der Waals surface area contributed by atoms with Crippen molar-refractivity contribution in [2.24, 2.45) is 5.92 Å². The molecule has 0 radical (unpaired) electrons. The van der Waals surface area contributed by atoms with E-state index in [9.17, 15) is 4.79 Å². The Bertz CT molecular complexity index is 355. The lowest BCUT2D eigenvalue weighted by Gasteiger charge is -2.07. The maximum Gasteiger partial charge on any atom is 0.237 e. The topological polar surface area (TPSA) is 91.8 Å². The molecule has 1 unspecified atom stereocenters. The first kappa shape index (κ1) is 12.2. The van der Waals surface area contributed by atoms with Gasteiger partial charge in [-0.1, -0.05) is 18.5 Å². The molecule has 1 heterocycles. The molecule has 0 aromatic carbocycles. The Morgan fingerprint density at radius 2 is 2.56 bits per heavy atom. The molecule has 0 fully saturated rings. The van der Waals surface area contributed by atoms with Crippen LogP contribution in [0.2, 0.25) is 0 Å². The van der Waals surface area contributed by atoms with Gasteiger partial charge in [-0.25, -0.2) is 0 Å². The number of hydrogen-bond acceptors (Lipinski definition) is 5. The summed E-state index contributed by atoms with van der Waals surface area (Å²) in [5.74, 6) is -0.319. The van der Waals surface area contributed by atoms with Gasteiger partial charge in [0.25, 0.3) is 0 Å². The Labute approximate surface area is 93.6 Å². The quantitative estimate of drug-likeness (QED) is 0.763. The fourth-order valence-corrected chi connectivity index (χ4v) is 1.26. The van der Waals surface area contributed by atoms with Crippen LogP contribution in [0.15, 0.2) is 10.9 Å². The van der Waals surface area contributed by atoms with E-state index in [4.69, 9.17) is 9.78 Å². The van der Waals surface area contributed by atoms with E-state index in [0.29, 0.717) is 25.3 Å². The number of rotatable bonds is 6. The summed E-state index contributed by atoms with van der Waals surface area (Å²) in [6.07, 6.45) is 3.19. The molecule has 1 rings (SSSR count). The first-order valence-electron chi connectivity index (χ1n) is 5.20. The van der Waals surface area contributed by atoms with E-state index in [1.165, 1.54) is 6.33 Å². The number of nitrogens with one attached hydrogen (secondary N) is 1. The molecular formula is C10H14N4O2. The van der Waals surface area contributed by atoms with Crippen molar-refractivity contribution in [3.05, 3.63) is 12.2 Å². The van der Waals surface area contributed by atoms with Crippen LogP contribution in [0.25, 0.3) is 0 Å². The molecule has 0 spiro atoms. The predicted molar refractivity (Wildman–Crippen MR) is 55.0 cm³/mol. The van der Waals surface area contributed by atoms with E-state index in [2.05, 4.69) is 15.5 Å². The molecule has 0 saturated heterocycles. The molecule has 1 aromatic rings. The third-order valence-electron chi connectivity index (χ3n) is 2.09. The highest BCUT2D eigenvalue weighted by Crippen LogP contribution is 2.04. The Morgan fingerprint density at radius 3 is 3.12 bits per heavy atom. The molecule has 6 heteroatoms. The van der Waals surface area contributed by atoms with Gasteiger partial charge in [0.05, 0.1) is 6.07 Å². The monoisotopic (exact) mass is 222 g/mol. The first-order chi connectivity index (χ1) is 7.77. The van der Waals surface area contributed by atoms with Gasteiger partial charge in [-0.3, -0.25) is 4.79 Å². The zero-order valence-electron chi connectivity index (χ0n) is 9.14. The lowest BCUT2D eigenvalue weighted by molar-refractivity contribution is -0.123. The van der Waals surface area contributed by atoms with Gasteiger partial charge >= 0.3 is 0 Å². The number of carbonyl (C=O) groups is 1. The van der Waals surface area contributed by atoms with Crippen molar-refractivity contribution < 1.29 is 9.32 Å². The molecule has 1 N–H and O–H groups in total. The van der Waals surface area contributed by atoms with Crippen LogP contribution in [0.4, 0.5) is 0 Å². The fourth-order valence-electron chi connectivity index (χ4n) is 1.26. The highest BCUT2D eigenvalue weighted by atomic mass is 16.5. The molecule has 86 valence electrons. The fraction of sp³-hybridized carbons (Fsp3) is 0.600. The molecule has 16 heavy (non-hydrogen) atoms. The second-order valence-corrected chi connectivity index (χ2v) is 3.35. The van der Waals surface area contributed by atoms with Crippen LogP contribution in [-0.2, 0) is 11.2 Å². The van der Waals surface area contributed by atoms with Gasteiger partial charge < -0.3 is 9.84 Å². The number of aromatic nitrogens is 2. The van der Waals surface area contributed by atoms with Crippen molar-refractivity contribution in [1.82, 2.24) is 15.5 Å². The van der Waals surface area contributed by atoms with Crippen LogP contribution in [0, 0.1) is 17.2 Å². The largest absolute Gasteiger partial charge is 0.354 e. The SMILES string of the molecule is CCCC(C#N)C(=O)NCCc1ncno1. The molecule has 1 atom stereocenters. The van der Waals surface area contributed by atoms with Crippen molar-refractivity contribution >= 4 is 5.91 Å². The van der Waals surface area contributed by atoms with Gasteiger partial charge in [0, 0.05) is 13.0 Å². The third kappa shape index (κ3) is 3.69. The maximum atomic E-state index is 11.5. The summed E-state index contributed by atoms with van der Waals surface area (Å²) in [5, 5.41) is 14.9.